The van der Waals surface area contributed by atoms with Gasteiger partial charge in [-0.05, 0) is 18.9 Å². The molecule has 1 fully saturated rings. The quantitative estimate of drug-likeness (QED) is 0.829. The number of hydrogen-bond donors (Lipinski definition) is 2. The van der Waals surface area contributed by atoms with E-state index in [0.717, 1.165) is 19.5 Å². The molecule has 1 aromatic rings. The van der Waals surface area contributed by atoms with Crippen LogP contribution in [0.5, 0.6) is 0 Å². The lowest BCUT2D eigenvalue weighted by Gasteiger charge is -2.24. The van der Waals surface area contributed by atoms with Crippen molar-refractivity contribution in [3.63, 3.8) is 0 Å². The molecule has 0 bridgehead atoms. The zero-order valence-electron chi connectivity index (χ0n) is 10.7. The zero-order chi connectivity index (χ0) is 13.0. The third-order valence-corrected chi connectivity index (χ3v) is 3.59. The second-order valence-electron chi connectivity index (χ2n) is 4.84. The molecule has 1 saturated heterocycles. The monoisotopic (exact) mass is 248 g/mol. The maximum absolute atomic E-state index is 10.5. The predicted molar refractivity (Wildman–Crippen MR) is 70.5 cm³/mol. The number of benzene rings is 1. The summed E-state index contributed by atoms with van der Waals surface area (Å²) in [5.41, 5.74) is 1.32. The molecular formula is C14H20N2O2. The Kier molecular flexibility index (Phi) is 4.33. The molecule has 98 valence electrons. The van der Waals surface area contributed by atoms with Gasteiger partial charge in [-0.2, -0.15) is 0 Å². The Morgan fingerprint density at radius 3 is 2.89 bits per heavy atom. The fraction of sp³-hybridized carbons (Fsp3) is 0.500. The highest BCUT2D eigenvalue weighted by Crippen LogP contribution is 2.24. The van der Waals surface area contributed by atoms with Crippen LogP contribution < -0.4 is 5.32 Å². The summed E-state index contributed by atoms with van der Waals surface area (Å²) < 4.78 is 0. The van der Waals surface area contributed by atoms with Crippen molar-refractivity contribution in [2.45, 2.75) is 25.4 Å². The third kappa shape index (κ3) is 3.31. The number of aliphatic carboxylic acids is 1. The minimum absolute atomic E-state index is 0.0538. The molecule has 18 heavy (non-hydrogen) atoms. The number of nitrogens with one attached hydrogen (secondary N) is 1. The smallest absolute Gasteiger partial charge is 0.317 e. The summed E-state index contributed by atoms with van der Waals surface area (Å²) in [6.07, 6.45) is 1.02. The third-order valence-electron chi connectivity index (χ3n) is 3.59. The van der Waals surface area contributed by atoms with Crippen LogP contribution in [0.4, 0.5) is 0 Å². The molecule has 0 saturated carbocycles. The largest absolute Gasteiger partial charge is 0.480 e. The summed E-state index contributed by atoms with van der Waals surface area (Å²) in [4.78, 5) is 12.9. The second-order valence-corrected chi connectivity index (χ2v) is 4.84. The second kappa shape index (κ2) is 5.98. The number of rotatable bonds is 5. The van der Waals surface area contributed by atoms with Crippen LogP contribution in [0.3, 0.4) is 0 Å². The molecule has 1 heterocycles. The Labute approximate surface area is 108 Å². The van der Waals surface area contributed by atoms with Crippen molar-refractivity contribution in [2.75, 3.05) is 19.6 Å². The van der Waals surface area contributed by atoms with E-state index < -0.39 is 5.97 Å². The highest BCUT2D eigenvalue weighted by atomic mass is 16.4. The van der Waals surface area contributed by atoms with Gasteiger partial charge in [-0.15, -0.1) is 0 Å². The molecule has 1 aliphatic rings. The average Bonchev–Trinajstić information content (AvgIpc) is 2.85. The lowest BCUT2D eigenvalue weighted by molar-refractivity contribution is -0.136. The van der Waals surface area contributed by atoms with Crippen LogP contribution in [0.2, 0.25) is 0 Å². The van der Waals surface area contributed by atoms with Crippen LogP contribution in [0.15, 0.2) is 30.3 Å². The molecule has 1 aromatic carbocycles. The molecule has 2 rings (SSSR count). The Bertz CT molecular complexity index is 394. The van der Waals surface area contributed by atoms with E-state index in [4.69, 9.17) is 5.11 Å². The molecule has 2 atom stereocenters. The van der Waals surface area contributed by atoms with E-state index in [0.29, 0.717) is 12.1 Å². The predicted octanol–water partition coefficient (Wildman–Crippen LogP) is 1.50. The number of hydrogen-bond acceptors (Lipinski definition) is 3. The topological polar surface area (TPSA) is 52.6 Å². The average molecular weight is 248 g/mol. The summed E-state index contributed by atoms with van der Waals surface area (Å²) >= 11 is 0. The maximum atomic E-state index is 10.5. The van der Waals surface area contributed by atoms with Crippen LogP contribution >= 0.6 is 0 Å². The first-order valence-electron chi connectivity index (χ1n) is 6.41. The van der Waals surface area contributed by atoms with Gasteiger partial charge in [-0.3, -0.25) is 9.69 Å². The first-order chi connectivity index (χ1) is 8.66. The van der Waals surface area contributed by atoms with Crippen LogP contribution in [0.25, 0.3) is 0 Å². The van der Waals surface area contributed by atoms with Gasteiger partial charge < -0.3 is 10.4 Å². The minimum atomic E-state index is -0.787. The van der Waals surface area contributed by atoms with Gasteiger partial charge in [-0.1, -0.05) is 30.3 Å². The fourth-order valence-corrected chi connectivity index (χ4v) is 2.48. The van der Waals surface area contributed by atoms with Gasteiger partial charge in [0.2, 0.25) is 0 Å². The van der Waals surface area contributed by atoms with Gasteiger partial charge in [0.05, 0.1) is 6.54 Å². The van der Waals surface area contributed by atoms with Crippen LogP contribution in [0.1, 0.15) is 24.9 Å². The van der Waals surface area contributed by atoms with Gasteiger partial charge in [0, 0.05) is 25.2 Å². The molecule has 0 spiro atoms. The highest BCUT2D eigenvalue weighted by molar-refractivity contribution is 5.69. The highest BCUT2D eigenvalue weighted by Gasteiger charge is 2.26. The summed E-state index contributed by atoms with van der Waals surface area (Å²) in [6.45, 7) is 4.20. The maximum Gasteiger partial charge on any atom is 0.317 e. The molecule has 0 aliphatic carbocycles. The summed E-state index contributed by atoms with van der Waals surface area (Å²) in [5.74, 6) is -0.787. The first-order valence-corrected chi connectivity index (χ1v) is 6.41. The van der Waals surface area contributed by atoms with E-state index in [9.17, 15) is 4.79 Å². The molecule has 0 amide bonds. The fourth-order valence-electron chi connectivity index (χ4n) is 2.48. The Morgan fingerprint density at radius 2 is 2.22 bits per heavy atom. The van der Waals surface area contributed by atoms with Crippen molar-refractivity contribution in [3.05, 3.63) is 35.9 Å². The SMILES string of the molecule is CC(c1ccccc1)N1CCC(NCC(=O)O)C1. The summed E-state index contributed by atoms with van der Waals surface area (Å²) in [6, 6.07) is 11.1. The van der Waals surface area contributed by atoms with Gasteiger partial charge in [0.1, 0.15) is 0 Å². The van der Waals surface area contributed by atoms with Crippen LogP contribution in [-0.4, -0.2) is 41.7 Å². The molecule has 0 radical (unpaired) electrons. The molecule has 2 N–H and O–H groups in total. The van der Waals surface area contributed by atoms with Crippen molar-refractivity contribution in [1.82, 2.24) is 10.2 Å². The van der Waals surface area contributed by atoms with Gasteiger partial charge in [0.25, 0.3) is 0 Å². The van der Waals surface area contributed by atoms with E-state index in [1.807, 2.05) is 6.07 Å². The molecule has 2 unspecified atom stereocenters. The summed E-state index contributed by atoms with van der Waals surface area (Å²) in [7, 11) is 0. The Balaban J connectivity index is 1.87. The van der Waals surface area contributed by atoms with Crippen LogP contribution in [-0.2, 0) is 4.79 Å². The van der Waals surface area contributed by atoms with Crippen molar-refractivity contribution >= 4 is 5.97 Å². The van der Waals surface area contributed by atoms with Crippen molar-refractivity contribution in [2.24, 2.45) is 0 Å². The van der Waals surface area contributed by atoms with E-state index in [1.54, 1.807) is 0 Å². The van der Waals surface area contributed by atoms with E-state index in [-0.39, 0.29) is 6.54 Å². The lowest BCUT2D eigenvalue weighted by atomic mass is 10.1. The van der Waals surface area contributed by atoms with Crippen molar-refractivity contribution in [3.8, 4) is 0 Å². The normalized spacial score (nSPS) is 21.9. The van der Waals surface area contributed by atoms with E-state index >= 15 is 0 Å². The molecule has 1 aliphatic heterocycles. The van der Waals surface area contributed by atoms with Crippen LogP contribution in [0, 0.1) is 0 Å². The zero-order valence-corrected chi connectivity index (χ0v) is 10.7. The Morgan fingerprint density at radius 1 is 1.50 bits per heavy atom. The number of carboxylic acids is 1. The molecule has 4 nitrogen and oxygen atoms in total. The first kappa shape index (κ1) is 13.1. The van der Waals surface area contributed by atoms with Crippen molar-refractivity contribution in [1.29, 1.82) is 0 Å². The summed E-state index contributed by atoms with van der Waals surface area (Å²) in [5, 5.41) is 11.7. The van der Waals surface area contributed by atoms with Crippen molar-refractivity contribution < 1.29 is 9.90 Å². The van der Waals surface area contributed by atoms with Gasteiger partial charge >= 0.3 is 5.97 Å². The van der Waals surface area contributed by atoms with E-state index in [1.165, 1.54) is 5.56 Å². The number of nitrogens with zero attached hydrogens (tertiary/aromatic N) is 1. The Hall–Kier alpha value is -1.39. The van der Waals surface area contributed by atoms with Gasteiger partial charge in [-0.25, -0.2) is 0 Å². The number of carbonyl (C=O) groups is 1. The molecule has 0 aromatic heterocycles. The standard InChI is InChI=1S/C14H20N2O2/c1-11(12-5-3-2-4-6-12)16-8-7-13(10-16)15-9-14(17)18/h2-6,11,13,15H,7-10H2,1H3,(H,17,18). The number of likely N-dealkylation sites (tertiary alicyclic amines) is 1. The molecular weight excluding hydrogens is 228 g/mol. The van der Waals surface area contributed by atoms with Gasteiger partial charge in [0.15, 0.2) is 0 Å². The lowest BCUT2D eigenvalue weighted by Crippen LogP contribution is -2.36. The minimum Gasteiger partial charge on any atom is -0.480 e. The van der Waals surface area contributed by atoms with E-state index in [2.05, 4.69) is 41.4 Å². The number of carboxylic acid groups (broad SMARTS) is 1. The molecule has 4 heteroatoms.